The predicted molar refractivity (Wildman–Crippen MR) is 102 cm³/mol. The highest BCUT2D eigenvalue weighted by Gasteiger charge is 2.16. The SMILES string of the molecule is CCOc1ccccc1CCC(=O)Nc1cc2c(cc1Cl)OCCCO2. The molecule has 2 aromatic carbocycles. The Bertz CT molecular complexity index is 778. The predicted octanol–water partition coefficient (Wildman–Crippen LogP) is 4.47. The average Bonchev–Trinajstić information content (AvgIpc) is 2.86. The number of benzene rings is 2. The summed E-state index contributed by atoms with van der Waals surface area (Å²) in [4.78, 5) is 12.4. The van der Waals surface area contributed by atoms with E-state index in [2.05, 4.69) is 5.32 Å². The average molecular weight is 376 g/mol. The molecule has 1 aliphatic heterocycles. The second-order valence-corrected chi connectivity index (χ2v) is 6.33. The lowest BCUT2D eigenvalue weighted by atomic mass is 10.1. The van der Waals surface area contributed by atoms with E-state index < -0.39 is 0 Å². The third kappa shape index (κ3) is 4.61. The summed E-state index contributed by atoms with van der Waals surface area (Å²) in [5, 5.41) is 3.28. The summed E-state index contributed by atoms with van der Waals surface area (Å²) in [6.45, 7) is 3.70. The number of hydrogen-bond acceptors (Lipinski definition) is 4. The maximum Gasteiger partial charge on any atom is 0.224 e. The van der Waals surface area contributed by atoms with Crippen molar-refractivity contribution in [3.8, 4) is 17.2 Å². The number of para-hydroxylation sites is 1. The van der Waals surface area contributed by atoms with Crippen molar-refractivity contribution in [1.29, 1.82) is 0 Å². The van der Waals surface area contributed by atoms with Crippen LogP contribution in [0.3, 0.4) is 0 Å². The van der Waals surface area contributed by atoms with Crippen molar-refractivity contribution in [2.45, 2.75) is 26.2 Å². The van der Waals surface area contributed by atoms with Gasteiger partial charge in [-0.1, -0.05) is 29.8 Å². The molecule has 2 aromatic rings. The van der Waals surface area contributed by atoms with Crippen LogP contribution in [0.1, 0.15) is 25.3 Å². The first kappa shape index (κ1) is 18.4. The number of ether oxygens (including phenoxy) is 3. The monoisotopic (exact) mass is 375 g/mol. The second-order valence-electron chi connectivity index (χ2n) is 5.92. The van der Waals surface area contributed by atoms with Crippen molar-refractivity contribution in [3.63, 3.8) is 0 Å². The molecule has 0 fully saturated rings. The topological polar surface area (TPSA) is 56.8 Å². The maximum absolute atomic E-state index is 12.4. The van der Waals surface area contributed by atoms with Gasteiger partial charge in [0.05, 0.1) is 30.5 Å². The molecule has 0 spiro atoms. The molecule has 1 heterocycles. The van der Waals surface area contributed by atoms with Crippen LogP contribution in [0.15, 0.2) is 36.4 Å². The van der Waals surface area contributed by atoms with Crippen LogP contribution in [0.25, 0.3) is 0 Å². The highest BCUT2D eigenvalue weighted by atomic mass is 35.5. The van der Waals surface area contributed by atoms with E-state index >= 15 is 0 Å². The zero-order chi connectivity index (χ0) is 18.4. The molecule has 0 atom stereocenters. The molecule has 5 nitrogen and oxygen atoms in total. The minimum Gasteiger partial charge on any atom is -0.494 e. The lowest BCUT2D eigenvalue weighted by Crippen LogP contribution is -2.13. The van der Waals surface area contributed by atoms with E-state index in [4.69, 9.17) is 25.8 Å². The van der Waals surface area contributed by atoms with Gasteiger partial charge in [-0.05, 0) is 25.0 Å². The zero-order valence-electron chi connectivity index (χ0n) is 14.7. The molecule has 1 aliphatic rings. The zero-order valence-corrected chi connectivity index (χ0v) is 15.5. The van der Waals surface area contributed by atoms with Gasteiger partial charge < -0.3 is 19.5 Å². The molecule has 0 saturated heterocycles. The van der Waals surface area contributed by atoms with Crippen molar-refractivity contribution < 1.29 is 19.0 Å². The summed E-state index contributed by atoms with van der Waals surface area (Å²) in [5.74, 6) is 1.91. The molecule has 138 valence electrons. The van der Waals surface area contributed by atoms with Crippen LogP contribution < -0.4 is 19.5 Å². The van der Waals surface area contributed by atoms with E-state index in [0.717, 1.165) is 17.7 Å². The van der Waals surface area contributed by atoms with Crippen LogP contribution >= 0.6 is 11.6 Å². The van der Waals surface area contributed by atoms with E-state index in [-0.39, 0.29) is 5.91 Å². The van der Waals surface area contributed by atoms with Gasteiger partial charge in [-0.15, -0.1) is 0 Å². The van der Waals surface area contributed by atoms with Gasteiger partial charge in [0, 0.05) is 25.0 Å². The lowest BCUT2D eigenvalue weighted by Gasteiger charge is -2.13. The van der Waals surface area contributed by atoms with E-state index in [1.807, 2.05) is 31.2 Å². The van der Waals surface area contributed by atoms with Crippen LogP contribution in [-0.2, 0) is 11.2 Å². The highest BCUT2D eigenvalue weighted by Crippen LogP contribution is 2.37. The van der Waals surface area contributed by atoms with Gasteiger partial charge in [-0.25, -0.2) is 0 Å². The maximum atomic E-state index is 12.4. The van der Waals surface area contributed by atoms with Gasteiger partial charge in [0.25, 0.3) is 0 Å². The summed E-state index contributed by atoms with van der Waals surface area (Å²) >= 11 is 6.27. The van der Waals surface area contributed by atoms with E-state index in [0.29, 0.717) is 54.9 Å². The number of amides is 1. The number of aryl methyl sites for hydroxylation is 1. The Hall–Kier alpha value is -2.40. The van der Waals surface area contributed by atoms with Gasteiger partial charge in [-0.2, -0.15) is 0 Å². The summed E-state index contributed by atoms with van der Waals surface area (Å²) in [6, 6.07) is 11.1. The summed E-state index contributed by atoms with van der Waals surface area (Å²) in [5.41, 5.74) is 1.54. The first-order chi connectivity index (χ1) is 12.7. The van der Waals surface area contributed by atoms with E-state index in [1.165, 1.54) is 0 Å². The fourth-order valence-corrected chi connectivity index (χ4v) is 2.95. The fourth-order valence-electron chi connectivity index (χ4n) is 2.75. The molecule has 1 N–H and O–H groups in total. The molecule has 3 rings (SSSR count). The Morgan fingerprint density at radius 1 is 1.19 bits per heavy atom. The van der Waals surface area contributed by atoms with Crippen LogP contribution in [0.4, 0.5) is 5.69 Å². The molecule has 26 heavy (non-hydrogen) atoms. The lowest BCUT2D eigenvalue weighted by molar-refractivity contribution is -0.116. The third-order valence-electron chi connectivity index (χ3n) is 4.01. The molecule has 0 bridgehead atoms. The summed E-state index contributed by atoms with van der Waals surface area (Å²) in [6.07, 6.45) is 1.73. The van der Waals surface area contributed by atoms with Gasteiger partial charge >= 0.3 is 0 Å². The number of nitrogens with one attached hydrogen (secondary N) is 1. The Balaban J connectivity index is 1.64. The molecule has 0 aromatic heterocycles. The Morgan fingerprint density at radius 3 is 2.69 bits per heavy atom. The second kappa shape index (κ2) is 8.81. The normalized spacial score (nSPS) is 13.0. The quantitative estimate of drug-likeness (QED) is 0.809. The van der Waals surface area contributed by atoms with Crippen molar-refractivity contribution in [2.75, 3.05) is 25.1 Å². The van der Waals surface area contributed by atoms with Gasteiger partial charge in [-0.3, -0.25) is 4.79 Å². The molecule has 0 unspecified atom stereocenters. The van der Waals surface area contributed by atoms with Gasteiger partial charge in [0.2, 0.25) is 5.91 Å². The molecule has 6 heteroatoms. The summed E-state index contributed by atoms with van der Waals surface area (Å²) < 4.78 is 16.8. The largest absolute Gasteiger partial charge is 0.494 e. The number of hydrogen-bond donors (Lipinski definition) is 1. The van der Waals surface area contributed by atoms with Crippen molar-refractivity contribution in [2.24, 2.45) is 0 Å². The Morgan fingerprint density at radius 2 is 1.92 bits per heavy atom. The molecule has 0 aliphatic carbocycles. The third-order valence-corrected chi connectivity index (χ3v) is 4.32. The van der Waals surface area contributed by atoms with E-state index in [9.17, 15) is 4.79 Å². The fraction of sp³-hybridized carbons (Fsp3) is 0.350. The molecular weight excluding hydrogens is 354 g/mol. The van der Waals surface area contributed by atoms with Crippen molar-refractivity contribution >= 4 is 23.2 Å². The number of anilines is 1. The van der Waals surface area contributed by atoms with Gasteiger partial charge in [0.15, 0.2) is 11.5 Å². The van der Waals surface area contributed by atoms with Crippen LogP contribution in [0.5, 0.6) is 17.2 Å². The Labute approximate surface area is 158 Å². The number of carbonyl (C=O) groups is 1. The molecule has 1 amide bonds. The Kier molecular flexibility index (Phi) is 6.23. The van der Waals surface area contributed by atoms with E-state index in [1.54, 1.807) is 12.1 Å². The van der Waals surface area contributed by atoms with Crippen LogP contribution in [-0.4, -0.2) is 25.7 Å². The standard InChI is InChI=1S/C20H22ClNO4/c1-2-24-17-7-4-3-6-14(17)8-9-20(23)22-16-13-19-18(12-15(16)21)25-10-5-11-26-19/h3-4,6-7,12-13H,2,5,8-11H2,1H3,(H,22,23). The summed E-state index contributed by atoms with van der Waals surface area (Å²) in [7, 11) is 0. The number of rotatable bonds is 6. The molecule has 0 saturated carbocycles. The molecule has 0 radical (unpaired) electrons. The van der Waals surface area contributed by atoms with Crippen molar-refractivity contribution in [1.82, 2.24) is 0 Å². The van der Waals surface area contributed by atoms with Gasteiger partial charge in [0.1, 0.15) is 5.75 Å². The minimum atomic E-state index is -0.118. The first-order valence-corrected chi connectivity index (χ1v) is 9.15. The van der Waals surface area contributed by atoms with Crippen LogP contribution in [0, 0.1) is 0 Å². The first-order valence-electron chi connectivity index (χ1n) is 8.77. The number of halogens is 1. The van der Waals surface area contributed by atoms with Crippen LogP contribution in [0.2, 0.25) is 5.02 Å². The number of fused-ring (bicyclic) bond motifs is 1. The molecular formula is C20H22ClNO4. The highest BCUT2D eigenvalue weighted by molar-refractivity contribution is 6.34. The smallest absolute Gasteiger partial charge is 0.224 e. The van der Waals surface area contributed by atoms with Crippen molar-refractivity contribution in [3.05, 3.63) is 47.0 Å². The minimum absolute atomic E-state index is 0.118. The number of carbonyl (C=O) groups excluding carboxylic acids is 1.